The second-order valence-electron chi connectivity index (χ2n) is 1.73. The summed E-state index contributed by atoms with van der Waals surface area (Å²) in [5.74, 6) is 6.92. The molecule has 0 saturated carbocycles. The fraction of sp³-hybridized carbons (Fsp3) is 1.00. The summed E-state index contributed by atoms with van der Waals surface area (Å²) in [6, 6.07) is 0. The van der Waals surface area contributed by atoms with Crippen LogP contribution in [-0.4, -0.2) is 21.2 Å². The van der Waals surface area contributed by atoms with Crippen LogP contribution in [0.15, 0.2) is 0 Å². The molecule has 0 spiro atoms. The van der Waals surface area contributed by atoms with Crippen LogP contribution in [0.1, 0.15) is 0 Å². The maximum atomic E-state index is 4.50. The molecule has 0 saturated heterocycles. The van der Waals surface area contributed by atoms with Crippen molar-refractivity contribution in [3.63, 3.8) is 0 Å². The Morgan fingerprint density at radius 3 is 1.00 bits per heavy atom. The highest BCUT2D eigenvalue weighted by Gasteiger charge is 1.81. The molecule has 6 heavy (non-hydrogen) atoms. The lowest BCUT2D eigenvalue weighted by molar-refractivity contribution is 1.48. The summed E-state index contributed by atoms with van der Waals surface area (Å²) >= 11 is -0.139. The van der Waals surface area contributed by atoms with E-state index in [1.807, 2.05) is 0 Å². The van der Waals surface area contributed by atoms with Crippen molar-refractivity contribution in [1.29, 1.82) is 0 Å². The first-order valence-electron chi connectivity index (χ1n) is 2.31. The molecule has 2 heteroatoms. The van der Waals surface area contributed by atoms with Crippen molar-refractivity contribution in [2.45, 2.75) is 17.4 Å². The van der Waals surface area contributed by atoms with Gasteiger partial charge < -0.3 is 5.73 Å². The number of nitrogens with two attached hydrogens (primary N) is 1. The second-order valence-corrected chi connectivity index (χ2v) is 5.20. The monoisotopic (exact) mass is 103 g/mol. The average molecular weight is 103 g/mol. The molecule has 0 amide bonds. The molecule has 0 aromatic carbocycles. The van der Waals surface area contributed by atoms with E-state index in [1.165, 1.54) is 7.05 Å². The van der Waals surface area contributed by atoms with Gasteiger partial charge in [0.05, 0.1) is 0 Å². The Kier molecular flexibility index (Phi) is 14.7. The summed E-state index contributed by atoms with van der Waals surface area (Å²) in [6.45, 7) is 0. The first kappa shape index (κ1) is 9.70. The average Bonchev–Trinajstić information content (AvgIpc) is 1.41. The van der Waals surface area contributed by atoms with Gasteiger partial charge in [0.1, 0.15) is 0 Å². The van der Waals surface area contributed by atoms with E-state index in [9.17, 15) is 0 Å². The highest BCUT2D eigenvalue weighted by atomic mass is 27.2. The molecule has 0 aliphatic carbocycles. The molecule has 0 aliphatic rings. The Hall–Kier alpha value is 0.492. The lowest BCUT2D eigenvalue weighted by atomic mass is 11.6. The van der Waals surface area contributed by atoms with E-state index in [-0.39, 0.29) is 14.1 Å². The van der Waals surface area contributed by atoms with Gasteiger partial charge in [-0.1, -0.05) is 0 Å². The smallest absolute Gasteiger partial charge is 0.251 e. The summed E-state index contributed by atoms with van der Waals surface area (Å²) < 4.78 is 0. The van der Waals surface area contributed by atoms with Crippen LogP contribution in [0, 0.1) is 0 Å². The summed E-state index contributed by atoms with van der Waals surface area (Å²) in [7, 11) is 1.50. The highest BCUT2D eigenvalue weighted by Crippen LogP contribution is 1.68. The van der Waals surface area contributed by atoms with Gasteiger partial charge in [0.2, 0.25) is 0 Å². The van der Waals surface area contributed by atoms with Crippen LogP contribution < -0.4 is 5.73 Å². The zero-order chi connectivity index (χ0) is 5.58. The van der Waals surface area contributed by atoms with E-state index in [4.69, 9.17) is 0 Å². The van der Waals surface area contributed by atoms with Gasteiger partial charge in [-0.05, 0) is 7.05 Å². The van der Waals surface area contributed by atoms with Gasteiger partial charge in [-0.25, -0.2) is 0 Å². The van der Waals surface area contributed by atoms with Crippen molar-refractivity contribution in [2.75, 3.05) is 7.05 Å². The number of rotatable bonds is 0. The largest absolute Gasteiger partial charge is 0.333 e. The van der Waals surface area contributed by atoms with E-state index < -0.39 is 0 Å². The molecule has 0 aromatic heterocycles. The van der Waals surface area contributed by atoms with E-state index in [1.54, 1.807) is 0 Å². The molecule has 0 radical (unpaired) electrons. The molecule has 0 unspecified atom stereocenters. The van der Waals surface area contributed by atoms with Crippen LogP contribution in [-0.2, 0) is 0 Å². The predicted molar refractivity (Wildman–Crippen MR) is 33.5 cm³/mol. The van der Waals surface area contributed by atoms with Crippen LogP contribution in [0.4, 0.5) is 0 Å². The van der Waals surface area contributed by atoms with Crippen LogP contribution in [0.25, 0.3) is 0 Å². The lowest BCUT2D eigenvalue weighted by Crippen LogP contribution is -1.84. The Bertz CT molecular complexity index is 12.3. The van der Waals surface area contributed by atoms with E-state index >= 15 is 0 Å². The molecule has 0 heterocycles. The fourth-order valence-electron chi connectivity index (χ4n) is 0. The molecule has 0 aromatic rings. The SMILES string of the molecule is CN.[CH3][Al]([CH3])[CH3]. The third-order valence-corrected chi connectivity index (χ3v) is 0. The van der Waals surface area contributed by atoms with Crippen molar-refractivity contribution in [3.05, 3.63) is 0 Å². The van der Waals surface area contributed by atoms with Crippen molar-refractivity contribution in [2.24, 2.45) is 5.73 Å². The molecule has 0 fully saturated rings. The zero-order valence-corrected chi connectivity index (χ0v) is 6.31. The third-order valence-electron chi connectivity index (χ3n) is 0. The Morgan fingerprint density at radius 1 is 1.00 bits per heavy atom. The Balaban J connectivity index is 0. The van der Waals surface area contributed by atoms with Crippen LogP contribution in [0.2, 0.25) is 17.4 Å². The Labute approximate surface area is 44.9 Å². The standard InChI is InChI=1S/CH5N.3CH3.Al/c1-2;;;;/h2H2,1H3;3*1H3;. The van der Waals surface area contributed by atoms with Crippen molar-refractivity contribution in [1.82, 2.24) is 0 Å². The quantitative estimate of drug-likeness (QED) is 0.454. The zero-order valence-electron chi connectivity index (χ0n) is 5.15. The van der Waals surface area contributed by atoms with Crippen LogP contribution in [0.5, 0.6) is 0 Å². The minimum atomic E-state index is -0.139. The summed E-state index contributed by atoms with van der Waals surface area (Å²) in [5, 5.41) is 0. The normalized spacial score (nSPS) is 5.50. The van der Waals surface area contributed by atoms with Crippen molar-refractivity contribution >= 4 is 14.1 Å². The topological polar surface area (TPSA) is 26.0 Å². The molecule has 0 atom stereocenters. The summed E-state index contributed by atoms with van der Waals surface area (Å²) in [6.07, 6.45) is 0. The second kappa shape index (κ2) is 9.09. The summed E-state index contributed by atoms with van der Waals surface area (Å²) in [5.41, 5.74) is 4.50. The van der Waals surface area contributed by atoms with E-state index in [0.29, 0.717) is 0 Å². The lowest BCUT2D eigenvalue weighted by Gasteiger charge is -1.67. The first-order valence-corrected chi connectivity index (χ1v) is 5.77. The highest BCUT2D eigenvalue weighted by molar-refractivity contribution is 6.54. The van der Waals surface area contributed by atoms with Crippen LogP contribution in [0.3, 0.4) is 0 Å². The van der Waals surface area contributed by atoms with Gasteiger partial charge in [0.25, 0.3) is 14.1 Å². The van der Waals surface area contributed by atoms with Gasteiger partial charge in [-0.3, -0.25) is 0 Å². The molecule has 0 rings (SSSR count). The van der Waals surface area contributed by atoms with Crippen LogP contribution >= 0.6 is 0 Å². The van der Waals surface area contributed by atoms with Gasteiger partial charge in [0.15, 0.2) is 0 Å². The molecule has 0 aliphatic heterocycles. The Morgan fingerprint density at radius 2 is 1.00 bits per heavy atom. The first-order chi connectivity index (χ1) is 2.73. The minimum absolute atomic E-state index is 0.139. The molecular formula is C4H14AlN. The number of hydrogen-bond donors (Lipinski definition) is 1. The van der Waals surface area contributed by atoms with Gasteiger partial charge in [-0.15, -0.1) is 17.4 Å². The molecule has 38 valence electrons. The maximum absolute atomic E-state index is 4.50. The van der Waals surface area contributed by atoms with E-state index in [2.05, 4.69) is 23.1 Å². The van der Waals surface area contributed by atoms with Crippen molar-refractivity contribution in [3.8, 4) is 0 Å². The molecule has 2 N–H and O–H groups in total. The number of hydrogen-bond acceptors (Lipinski definition) is 1. The predicted octanol–water partition coefficient (Wildman–Crippen LogP) is 0.946. The molecule has 1 nitrogen and oxygen atoms in total. The van der Waals surface area contributed by atoms with Gasteiger partial charge >= 0.3 is 0 Å². The third kappa shape index (κ3) is 226. The summed E-state index contributed by atoms with van der Waals surface area (Å²) in [4.78, 5) is 0. The molecule has 0 bridgehead atoms. The van der Waals surface area contributed by atoms with E-state index in [0.717, 1.165) is 0 Å². The van der Waals surface area contributed by atoms with Gasteiger partial charge in [-0.2, -0.15) is 0 Å². The fourth-order valence-corrected chi connectivity index (χ4v) is 0. The minimum Gasteiger partial charge on any atom is -0.333 e. The molecular weight excluding hydrogens is 89.0 g/mol. The maximum Gasteiger partial charge on any atom is 0.251 e. The van der Waals surface area contributed by atoms with Crippen molar-refractivity contribution < 1.29 is 0 Å². The van der Waals surface area contributed by atoms with Gasteiger partial charge in [0, 0.05) is 0 Å².